The molecule has 2 aliphatic heterocycles. The normalized spacial score (nSPS) is 20.9. The molecule has 0 N–H and O–H groups in total. The fraction of sp³-hybridized carbons (Fsp3) is 0.556. The van der Waals surface area contributed by atoms with Crippen LogP contribution in [0.15, 0.2) is 22.9 Å². The number of amides is 1. The Labute approximate surface area is 147 Å². The summed E-state index contributed by atoms with van der Waals surface area (Å²) in [5.74, 6) is 2.42. The van der Waals surface area contributed by atoms with Gasteiger partial charge in [0.2, 0.25) is 5.89 Å². The summed E-state index contributed by atoms with van der Waals surface area (Å²) in [4.78, 5) is 25.8. The van der Waals surface area contributed by atoms with Gasteiger partial charge in [0.15, 0.2) is 5.82 Å². The monoisotopic (exact) mass is 341 g/mol. The van der Waals surface area contributed by atoms with Gasteiger partial charge >= 0.3 is 0 Å². The van der Waals surface area contributed by atoms with Gasteiger partial charge in [-0.3, -0.25) is 4.79 Å². The van der Waals surface area contributed by atoms with E-state index in [0.29, 0.717) is 23.8 Å². The zero-order valence-electron chi connectivity index (χ0n) is 14.5. The van der Waals surface area contributed by atoms with Crippen LogP contribution in [-0.4, -0.2) is 52.1 Å². The van der Waals surface area contributed by atoms with E-state index < -0.39 is 0 Å². The van der Waals surface area contributed by atoms with E-state index in [1.165, 1.54) is 12.8 Å². The standard InChI is InChI=1S/C18H23N5O2/c1-13-20-17(21-25-13)15-5-4-10-23(12-15)18(24)14-6-7-16(19-11-14)22-8-2-3-9-22/h6-7,11,15H,2-5,8-10,12H2,1H3/t15-/m1/s1. The fourth-order valence-corrected chi connectivity index (χ4v) is 3.68. The Balaban J connectivity index is 1.44. The molecule has 0 aromatic carbocycles. The van der Waals surface area contributed by atoms with Crippen LogP contribution in [0.25, 0.3) is 0 Å². The van der Waals surface area contributed by atoms with Gasteiger partial charge in [0.1, 0.15) is 5.82 Å². The van der Waals surface area contributed by atoms with E-state index in [9.17, 15) is 4.79 Å². The number of carbonyl (C=O) groups is 1. The van der Waals surface area contributed by atoms with Gasteiger partial charge < -0.3 is 14.3 Å². The van der Waals surface area contributed by atoms with Crippen molar-refractivity contribution in [1.29, 1.82) is 0 Å². The van der Waals surface area contributed by atoms with Gasteiger partial charge in [-0.25, -0.2) is 4.98 Å². The Hall–Kier alpha value is -2.44. The molecule has 2 fully saturated rings. The lowest BCUT2D eigenvalue weighted by Crippen LogP contribution is -2.39. The molecule has 0 saturated carbocycles. The molecule has 4 rings (SSSR count). The number of aryl methyl sites for hydroxylation is 1. The average molecular weight is 341 g/mol. The Kier molecular flexibility index (Phi) is 4.38. The molecule has 1 amide bonds. The fourth-order valence-electron chi connectivity index (χ4n) is 3.68. The predicted molar refractivity (Wildman–Crippen MR) is 92.6 cm³/mol. The highest BCUT2D eigenvalue weighted by Crippen LogP contribution is 2.26. The molecule has 0 aliphatic carbocycles. The Bertz CT molecular complexity index is 736. The number of rotatable bonds is 3. The van der Waals surface area contributed by atoms with Gasteiger partial charge in [-0.1, -0.05) is 5.16 Å². The number of likely N-dealkylation sites (tertiary alicyclic amines) is 1. The Morgan fingerprint density at radius 1 is 1.20 bits per heavy atom. The van der Waals surface area contributed by atoms with E-state index in [0.717, 1.165) is 38.3 Å². The van der Waals surface area contributed by atoms with Gasteiger partial charge in [-0.2, -0.15) is 4.98 Å². The highest BCUT2D eigenvalue weighted by molar-refractivity contribution is 5.94. The second-order valence-corrected chi connectivity index (χ2v) is 6.86. The molecular weight excluding hydrogens is 318 g/mol. The van der Waals surface area contributed by atoms with Crippen LogP contribution < -0.4 is 4.90 Å². The number of aromatic nitrogens is 3. The summed E-state index contributed by atoms with van der Waals surface area (Å²) in [5, 5.41) is 4.02. The number of anilines is 1. The number of pyridine rings is 1. The van der Waals surface area contributed by atoms with Gasteiger partial charge in [-0.15, -0.1) is 0 Å². The quantitative estimate of drug-likeness (QED) is 0.853. The molecule has 0 bridgehead atoms. The Morgan fingerprint density at radius 2 is 2.04 bits per heavy atom. The number of hydrogen-bond donors (Lipinski definition) is 0. The van der Waals surface area contributed by atoms with E-state index in [-0.39, 0.29) is 11.8 Å². The van der Waals surface area contributed by atoms with Gasteiger partial charge in [0.25, 0.3) is 5.91 Å². The molecule has 2 saturated heterocycles. The Morgan fingerprint density at radius 3 is 2.72 bits per heavy atom. The highest BCUT2D eigenvalue weighted by atomic mass is 16.5. The summed E-state index contributed by atoms with van der Waals surface area (Å²) < 4.78 is 5.08. The van der Waals surface area contributed by atoms with Crippen LogP contribution in [0.3, 0.4) is 0 Å². The molecule has 4 heterocycles. The van der Waals surface area contributed by atoms with Crippen molar-refractivity contribution in [2.45, 2.75) is 38.5 Å². The van der Waals surface area contributed by atoms with Crippen molar-refractivity contribution < 1.29 is 9.32 Å². The zero-order valence-corrected chi connectivity index (χ0v) is 14.5. The van der Waals surface area contributed by atoms with Crippen molar-refractivity contribution in [3.63, 3.8) is 0 Å². The molecule has 7 nitrogen and oxygen atoms in total. The topological polar surface area (TPSA) is 75.4 Å². The first-order valence-electron chi connectivity index (χ1n) is 9.01. The lowest BCUT2D eigenvalue weighted by atomic mass is 9.97. The smallest absolute Gasteiger partial charge is 0.255 e. The zero-order chi connectivity index (χ0) is 17.2. The number of nitrogens with zero attached hydrogens (tertiary/aromatic N) is 5. The first kappa shape index (κ1) is 16.1. The molecule has 132 valence electrons. The van der Waals surface area contributed by atoms with Crippen molar-refractivity contribution in [3.8, 4) is 0 Å². The average Bonchev–Trinajstić information content (AvgIpc) is 3.33. The van der Waals surface area contributed by atoms with Crippen LogP contribution in [0.1, 0.15) is 53.7 Å². The molecular formula is C18H23N5O2. The summed E-state index contributed by atoms with van der Waals surface area (Å²) in [7, 11) is 0. The minimum absolute atomic E-state index is 0.0328. The summed E-state index contributed by atoms with van der Waals surface area (Å²) >= 11 is 0. The van der Waals surface area contributed by atoms with Crippen molar-refractivity contribution in [2.75, 3.05) is 31.1 Å². The molecule has 7 heteroatoms. The van der Waals surface area contributed by atoms with Crippen molar-refractivity contribution >= 4 is 11.7 Å². The van der Waals surface area contributed by atoms with Gasteiger partial charge in [0.05, 0.1) is 5.56 Å². The second-order valence-electron chi connectivity index (χ2n) is 6.86. The largest absolute Gasteiger partial charge is 0.357 e. The van der Waals surface area contributed by atoms with E-state index >= 15 is 0 Å². The molecule has 0 spiro atoms. The van der Waals surface area contributed by atoms with Crippen molar-refractivity contribution in [2.24, 2.45) is 0 Å². The molecule has 2 aliphatic rings. The summed E-state index contributed by atoms with van der Waals surface area (Å²) in [5.41, 5.74) is 0.646. The van der Waals surface area contributed by atoms with E-state index in [1.54, 1.807) is 13.1 Å². The maximum Gasteiger partial charge on any atom is 0.255 e. The molecule has 0 unspecified atom stereocenters. The number of carbonyl (C=O) groups excluding carboxylic acids is 1. The number of piperidine rings is 1. The lowest BCUT2D eigenvalue weighted by molar-refractivity contribution is 0.0703. The minimum atomic E-state index is 0.0328. The predicted octanol–water partition coefficient (Wildman–Crippen LogP) is 2.39. The highest BCUT2D eigenvalue weighted by Gasteiger charge is 2.28. The second kappa shape index (κ2) is 6.82. The van der Waals surface area contributed by atoms with Crippen molar-refractivity contribution in [1.82, 2.24) is 20.0 Å². The molecule has 25 heavy (non-hydrogen) atoms. The third-order valence-corrected chi connectivity index (χ3v) is 5.04. The minimum Gasteiger partial charge on any atom is -0.357 e. The first-order chi connectivity index (χ1) is 12.2. The van der Waals surface area contributed by atoms with Gasteiger partial charge in [-0.05, 0) is 37.8 Å². The SMILES string of the molecule is Cc1nc([C@@H]2CCCN(C(=O)c3ccc(N4CCCC4)nc3)C2)no1. The molecule has 1 atom stereocenters. The van der Waals surface area contributed by atoms with Crippen LogP contribution in [0, 0.1) is 6.92 Å². The van der Waals surface area contributed by atoms with Crippen LogP contribution in [0.4, 0.5) is 5.82 Å². The van der Waals surface area contributed by atoms with Crippen LogP contribution >= 0.6 is 0 Å². The van der Waals surface area contributed by atoms with E-state index in [1.807, 2.05) is 17.0 Å². The van der Waals surface area contributed by atoms with E-state index in [2.05, 4.69) is 20.0 Å². The summed E-state index contributed by atoms with van der Waals surface area (Å²) in [6.07, 6.45) is 6.07. The third-order valence-electron chi connectivity index (χ3n) is 5.04. The third kappa shape index (κ3) is 3.36. The van der Waals surface area contributed by atoms with Crippen LogP contribution in [0.2, 0.25) is 0 Å². The van der Waals surface area contributed by atoms with Crippen molar-refractivity contribution in [3.05, 3.63) is 35.6 Å². The summed E-state index contributed by atoms with van der Waals surface area (Å²) in [6.45, 7) is 5.29. The number of hydrogen-bond acceptors (Lipinski definition) is 6. The van der Waals surface area contributed by atoms with E-state index in [4.69, 9.17) is 4.52 Å². The maximum absolute atomic E-state index is 12.8. The van der Waals surface area contributed by atoms with Crippen LogP contribution in [0.5, 0.6) is 0 Å². The molecule has 2 aromatic heterocycles. The summed E-state index contributed by atoms with van der Waals surface area (Å²) in [6, 6.07) is 3.85. The first-order valence-corrected chi connectivity index (χ1v) is 9.01. The molecule has 0 radical (unpaired) electrons. The lowest BCUT2D eigenvalue weighted by Gasteiger charge is -2.31. The molecule has 2 aromatic rings. The maximum atomic E-state index is 12.8. The van der Waals surface area contributed by atoms with Gasteiger partial charge in [0, 0.05) is 45.2 Å². The van der Waals surface area contributed by atoms with Crippen LogP contribution in [-0.2, 0) is 0 Å².